The zero-order chi connectivity index (χ0) is 20.0. The average Bonchev–Trinajstić information content (AvgIpc) is 3.31. The standard InChI is InChI=1S/C24H17BrClN3/c1-29-14-20(19-13-17(25)9-12-21(19)29)24-27-22(15-5-3-2-4-6-15)23(28-24)16-7-10-18(26)11-8-16/h2-14H,1H3,(H,27,28). The number of benzene rings is 3. The molecular formula is C24H17BrClN3. The maximum Gasteiger partial charge on any atom is 0.140 e. The molecule has 0 atom stereocenters. The minimum absolute atomic E-state index is 0.716. The molecular weight excluding hydrogens is 446 g/mol. The highest BCUT2D eigenvalue weighted by molar-refractivity contribution is 9.10. The lowest BCUT2D eigenvalue weighted by atomic mass is 10.1. The van der Waals surface area contributed by atoms with Crippen molar-refractivity contribution in [2.45, 2.75) is 0 Å². The highest BCUT2D eigenvalue weighted by Crippen LogP contribution is 2.36. The second-order valence-corrected chi connectivity index (χ2v) is 8.35. The van der Waals surface area contributed by atoms with E-state index in [9.17, 15) is 0 Å². The lowest BCUT2D eigenvalue weighted by molar-refractivity contribution is 0.969. The van der Waals surface area contributed by atoms with Crippen LogP contribution in [0.1, 0.15) is 0 Å². The summed E-state index contributed by atoms with van der Waals surface area (Å²) in [5.74, 6) is 0.845. The third kappa shape index (κ3) is 3.28. The van der Waals surface area contributed by atoms with Crippen molar-refractivity contribution < 1.29 is 0 Å². The summed E-state index contributed by atoms with van der Waals surface area (Å²) >= 11 is 9.70. The van der Waals surface area contributed by atoms with Crippen LogP contribution < -0.4 is 0 Å². The fraction of sp³-hybridized carbons (Fsp3) is 0.0417. The van der Waals surface area contributed by atoms with Crippen LogP contribution in [0, 0.1) is 0 Å². The number of nitrogens with zero attached hydrogens (tertiary/aromatic N) is 2. The molecule has 0 fully saturated rings. The van der Waals surface area contributed by atoms with Gasteiger partial charge in [-0.05, 0) is 30.3 Å². The van der Waals surface area contributed by atoms with E-state index in [0.29, 0.717) is 5.02 Å². The van der Waals surface area contributed by atoms with E-state index in [0.717, 1.165) is 49.3 Å². The molecule has 2 aromatic heterocycles. The van der Waals surface area contributed by atoms with Gasteiger partial charge in [0.2, 0.25) is 0 Å². The van der Waals surface area contributed by atoms with Gasteiger partial charge in [-0.15, -0.1) is 0 Å². The number of rotatable bonds is 3. The molecule has 5 aromatic rings. The molecule has 0 saturated carbocycles. The Bertz CT molecular complexity index is 1320. The number of H-pyrrole nitrogens is 1. The van der Waals surface area contributed by atoms with Gasteiger partial charge in [0, 0.05) is 50.3 Å². The number of aryl methyl sites for hydroxylation is 1. The van der Waals surface area contributed by atoms with Crippen molar-refractivity contribution in [1.29, 1.82) is 0 Å². The second kappa shape index (κ2) is 7.21. The van der Waals surface area contributed by atoms with Crippen LogP contribution in [0.2, 0.25) is 5.02 Å². The zero-order valence-corrected chi connectivity index (χ0v) is 18.0. The number of nitrogens with one attached hydrogen (secondary N) is 1. The first-order valence-electron chi connectivity index (χ1n) is 9.26. The van der Waals surface area contributed by atoms with Crippen LogP contribution in [-0.4, -0.2) is 14.5 Å². The molecule has 0 aliphatic carbocycles. The van der Waals surface area contributed by atoms with Gasteiger partial charge < -0.3 is 9.55 Å². The van der Waals surface area contributed by atoms with Gasteiger partial charge in [0.1, 0.15) is 5.82 Å². The third-order valence-electron chi connectivity index (χ3n) is 5.09. The van der Waals surface area contributed by atoms with Gasteiger partial charge >= 0.3 is 0 Å². The normalized spacial score (nSPS) is 11.3. The highest BCUT2D eigenvalue weighted by atomic mass is 79.9. The Balaban J connectivity index is 1.76. The van der Waals surface area contributed by atoms with E-state index in [1.54, 1.807) is 0 Å². The smallest absolute Gasteiger partial charge is 0.140 e. The van der Waals surface area contributed by atoms with Gasteiger partial charge in [-0.1, -0.05) is 70.0 Å². The highest BCUT2D eigenvalue weighted by Gasteiger charge is 2.18. The van der Waals surface area contributed by atoms with E-state index < -0.39 is 0 Å². The van der Waals surface area contributed by atoms with Crippen molar-refractivity contribution >= 4 is 38.4 Å². The molecule has 0 bridgehead atoms. The van der Waals surface area contributed by atoms with Crippen LogP contribution in [0.15, 0.2) is 83.5 Å². The van der Waals surface area contributed by atoms with E-state index in [-0.39, 0.29) is 0 Å². The van der Waals surface area contributed by atoms with E-state index in [4.69, 9.17) is 16.6 Å². The molecule has 1 N–H and O–H groups in total. The van der Waals surface area contributed by atoms with Crippen molar-refractivity contribution in [3.63, 3.8) is 0 Å². The Kier molecular flexibility index (Phi) is 4.53. The summed E-state index contributed by atoms with van der Waals surface area (Å²) in [6, 6.07) is 24.4. The quantitative estimate of drug-likeness (QED) is 0.299. The Morgan fingerprint density at radius 1 is 0.931 bits per heavy atom. The molecule has 142 valence electrons. The van der Waals surface area contributed by atoms with Crippen LogP contribution in [0.25, 0.3) is 44.8 Å². The van der Waals surface area contributed by atoms with Gasteiger partial charge in [0.15, 0.2) is 0 Å². The van der Waals surface area contributed by atoms with Crippen molar-refractivity contribution in [3.05, 3.63) is 88.5 Å². The van der Waals surface area contributed by atoms with Crippen LogP contribution in [-0.2, 0) is 7.05 Å². The first-order chi connectivity index (χ1) is 14.1. The third-order valence-corrected chi connectivity index (χ3v) is 5.84. The molecule has 0 unspecified atom stereocenters. The topological polar surface area (TPSA) is 33.6 Å². The molecule has 5 heteroatoms. The molecule has 0 spiro atoms. The fourth-order valence-electron chi connectivity index (χ4n) is 3.68. The summed E-state index contributed by atoms with van der Waals surface area (Å²) in [7, 11) is 2.06. The number of aromatic amines is 1. The molecule has 0 amide bonds. The van der Waals surface area contributed by atoms with E-state index in [2.05, 4.69) is 69.1 Å². The monoisotopic (exact) mass is 461 g/mol. The van der Waals surface area contributed by atoms with Crippen LogP contribution in [0.5, 0.6) is 0 Å². The lowest BCUT2D eigenvalue weighted by Gasteiger charge is -2.03. The number of halogens is 2. The van der Waals surface area contributed by atoms with E-state index in [1.807, 2.05) is 42.5 Å². The van der Waals surface area contributed by atoms with Gasteiger partial charge in [0.25, 0.3) is 0 Å². The first kappa shape index (κ1) is 18.2. The molecule has 29 heavy (non-hydrogen) atoms. The summed E-state index contributed by atoms with van der Waals surface area (Å²) in [5, 5.41) is 1.87. The van der Waals surface area contributed by atoms with Crippen LogP contribution in [0.4, 0.5) is 0 Å². The van der Waals surface area contributed by atoms with Crippen molar-refractivity contribution in [2.24, 2.45) is 7.05 Å². The molecule has 3 aromatic carbocycles. The summed E-state index contributed by atoms with van der Waals surface area (Å²) in [5.41, 5.74) is 6.26. The summed E-state index contributed by atoms with van der Waals surface area (Å²) in [4.78, 5) is 8.60. The second-order valence-electron chi connectivity index (χ2n) is 7.00. The molecule has 0 aliphatic heterocycles. The van der Waals surface area contributed by atoms with Gasteiger partial charge in [0.05, 0.1) is 11.4 Å². The lowest BCUT2D eigenvalue weighted by Crippen LogP contribution is -1.83. The van der Waals surface area contributed by atoms with Crippen molar-refractivity contribution in [1.82, 2.24) is 14.5 Å². The Hall–Kier alpha value is -2.82. The van der Waals surface area contributed by atoms with Crippen LogP contribution >= 0.6 is 27.5 Å². The maximum absolute atomic E-state index is 6.11. The average molecular weight is 463 g/mol. The molecule has 0 saturated heterocycles. The Morgan fingerprint density at radius 2 is 1.69 bits per heavy atom. The zero-order valence-electron chi connectivity index (χ0n) is 15.7. The Labute approximate surface area is 182 Å². The molecule has 3 nitrogen and oxygen atoms in total. The predicted molar refractivity (Wildman–Crippen MR) is 124 cm³/mol. The SMILES string of the molecule is Cn1cc(-c2nc(-c3ccccc3)c(-c3ccc(Cl)cc3)[nH]2)c2cc(Br)ccc21. The number of hydrogen-bond acceptors (Lipinski definition) is 1. The van der Waals surface area contributed by atoms with Gasteiger partial charge in [-0.3, -0.25) is 0 Å². The number of fused-ring (bicyclic) bond motifs is 1. The van der Waals surface area contributed by atoms with Crippen molar-refractivity contribution in [2.75, 3.05) is 0 Å². The fourth-order valence-corrected chi connectivity index (χ4v) is 4.17. The summed E-state index contributed by atoms with van der Waals surface area (Å²) in [6.07, 6.45) is 2.12. The minimum Gasteiger partial charge on any atom is -0.350 e. The predicted octanol–water partition coefficient (Wildman–Crippen LogP) is 7.32. The van der Waals surface area contributed by atoms with Gasteiger partial charge in [-0.25, -0.2) is 4.98 Å². The number of hydrogen-bond donors (Lipinski definition) is 1. The first-order valence-corrected chi connectivity index (χ1v) is 10.4. The minimum atomic E-state index is 0.716. The van der Waals surface area contributed by atoms with Crippen molar-refractivity contribution in [3.8, 4) is 33.9 Å². The number of imidazole rings is 1. The summed E-state index contributed by atoms with van der Waals surface area (Å²) in [6.45, 7) is 0. The van der Waals surface area contributed by atoms with Crippen LogP contribution in [0.3, 0.4) is 0 Å². The molecule has 5 rings (SSSR count). The maximum atomic E-state index is 6.11. The van der Waals surface area contributed by atoms with E-state index in [1.165, 1.54) is 0 Å². The molecule has 2 heterocycles. The van der Waals surface area contributed by atoms with E-state index >= 15 is 0 Å². The number of aromatic nitrogens is 3. The van der Waals surface area contributed by atoms with Gasteiger partial charge in [-0.2, -0.15) is 0 Å². The molecule has 0 radical (unpaired) electrons. The Morgan fingerprint density at radius 3 is 2.45 bits per heavy atom. The summed E-state index contributed by atoms with van der Waals surface area (Å²) < 4.78 is 3.18. The molecule has 0 aliphatic rings. The largest absolute Gasteiger partial charge is 0.350 e.